The number of nitrogens with two attached hydrogens (primary N) is 1. The van der Waals surface area contributed by atoms with Gasteiger partial charge in [-0.25, -0.2) is 0 Å². The number of hydrogen-bond donors (Lipinski definition) is 2. The number of nitrogens with one attached hydrogen (secondary N) is 1. The molecule has 1 aromatic heterocycles. The molecule has 0 aliphatic carbocycles. The molecule has 0 spiro atoms. The molecule has 0 atom stereocenters. The van der Waals surface area contributed by atoms with Gasteiger partial charge in [-0.05, 0) is 36.5 Å². The maximum atomic E-state index is 5.74. The van der Waals surface area contributed by atoms with Gasteiger partial charge in [-0.2, -0.15) is 4.37 Å². The molecule has 2 rings (SSSR count). The molecular formula is C14H19N3OS. The van der Waals surface area contributed by atoms with E-state index in [-0.39, 0.29) is 0 Å². The average molecular weight is 277 g/mol. The van der Waals surface area contributed by atoms with Crippen LogP contribution in [0.1, 0.15) is 23.6 Å². The number of nitrogen functional groups attached to an aromatic ring is 1. The summed E-state index contributed by atoms with van der Waals surface area (Å²) in [5.41, 5.74) is 9.22. The Bertz CT molecular complexity index is 539. The van der Waals surface area contributed by atoms with E-state index >= 15 is 0 Å². The first kappa shape index (κ1) is 13.8. The monoisotopic (exact) mass is 277 g/mol. The van der Waals surface area contributed by atoms with E-state index in [1.165, 1.54) is 22.7 Å². The Balaban J connectivity index is 2.04. The Labute approximate surface area is 117 Å². The molecule has 1 aromatic carbocycles. The maximum Gasteiger partial charge on any atom is 0.142 e. The van der Waals surface area contributed by atoms with Gasteiger partial charge in [0.2, 0.25) is 0 Å². The van der Waals surface area contributed by atoms with Crippen molar-refractivity contribution in [1.29, 1.82) is 0 Å². The highest BCUT2D eigenvalue weighted by Crippen LogP contribution is 2.26. The topological polar surface area (TPSA) is 60.2 Å². The smallest absolute Gasteiger partial charge is 0.142 e. The highest BCUT2D eigenvalue weighted by molar-refractivity contribution is 7.10. The van der Waals surface area contributed by atoms with E-state index in [0.717, 1.165) is 23.7 Å². The lowest BCUT2D eigenvalue weighted by Gasteiger charge is -2.10. The van der Waals surface area contributed by atoms with Crippen molar-refractivity contribution in [2.75, 3.05) is 17.7 Å². The number of benzene rings is 1. The van der Waals surface area contributed by atoms with Crippen LogP contribution < -0.4 is 11.1 Å². The first-order chi connectivity index (χ1) is 9.22. The van der Waals surface area contributed by atoms with Gasteiger partial charge < -0.3 is 15.8 Å². The Morgan fingerprint density at radius 3 is 2.68 bits per heavy atom. The second kappa shape index (κ2) is 6.54. The van der Waals surface area contributed by atoms with Gasteiger partial charge in [0.1, 0.15) is 10.8 Å². The Kier molecular flexibility index (Phi) is 4.76. The molecule has 5 heteroatoms. The SMILES string of the molecule is CCOCc1ccccc1CNc1snc(N)c1C. The van der Waals surface area contributed by atoms with Gasteiger partial charge in [-0.3, -0.25) is 0 Å². The molecule has 0 saturated heterocycles. The van der Waals surface area contributed by atoms with Crippen LogP contribution in [-0.4, -0.2) is 11.0 Å². The molecule has 0 radical (unpaired) electrons. The molecule has 0 aliphatic rings. The zero-order chi connectivity index (χ0) is 13.7. The fraction of sp³-hybridized carbons (Fsp3) is 0.357. The van der Waals surface area contributed by atoms with Gasteiger partial charge in [-0.1, -0.05) is 24.3 Å². The van der Waals surface area contributed by atoms with Gasteiger partial charge in [0.05, 0.1) is 6.61 Å². The summed E-state index contributed by atoms with van der Waals surface area (Å²) in [6, 6.07) is 8.29. The molecule has 2 aromatic rings. The third-order valence-corrected chi connectivity index (χ3v) is 3.90. The van der Waals surface area contributed by atoms with E-state index in [2.05, 4.69) is 21.8 Å². The fourth-order valence-corrected chi connectivity index (χ4v) is 2.48. The Morgan fingerprint density at radius 2 is 2.05 bits per heavy atom. The van der Waals surface area contributed by atoms with Gasteiger partial charge >= 0.3 is 0 Å². The normalized spacial score (nSPS) is 10.6. The summed E-state index contributed by atoms with van der Waals surface area (Å²) >= 11 is 1.40. The Hall–Kier alpha value is -1.59. The first-order valence-electron chi connectivity index (χ1n) is 6.32. The lowest BCUT2D eigenvalue weighted by atomic mass is 10.1. The predicted molar refractivity (Wildman–Crippen MR) is 80.4 cm³/mol. The van der Waals surface area contributed by atoms with Crippen LogP contribution >= 0.6 is 11.5 Å². The van der Waals surface area contributed by atoms with Crippen LogP contribution in [0.5, 0.6) is 0 Å². The number of hydrogen-bond acceptors (Lipinski definition) is 5. The molecular weight excluding hydrogens is 258 g/mol. The van der Waals surface area contributed by atoms with Gasteiger partial charge in [-0.15, -0.1) is 0 Å². The summed E-state index contributed by atoms with van der Waals surface area (Å²) in [7, 11) is 0. The first-order valence-corrected chi connectivity index (χ1v) is 7.09. The summed E-state index contributed by atoms with van der Waals surface area (Å²) < 4.78 is 9.62. The van der Waals surface area contributed by atoms with Crippen LogP contribution in [0.25, 0.3) is 0 Å². The van der Waals surface area contributed by atoms with Crippen LogP contribution in [0.15, 0.2) is 24.3 Å². The zero-order valence-electron chi connectivity index (χ0n) is 11.3. The summed E-state index contributed by atoms with van der Waals surface area (Å²) in [5, 5.41) is 4.42. The van der Waals surface area contributed by atoms with E-state index in [1.807, 2.05) is 26.0 Å². The molecule has 0 bridgehead atoms. The van der Waals surface area contributed by atoms with E-state index in [9.17, 15) is 0 Å². The van der Waals surface area contributed by atoms with Crippen molar-refractivity contribution >= 4 is 22.4 Å². The summed E-state index contributed by atoms with van der Waals surface area (Å²) in [4.78, 5) is 0. The quantitative estimate of drug-likeness (QED) is 0.851. The van der Waals surface area contributed by atoms with Crippen molar-refractivity contribution in [3.63, 3.8) is 0 Å². The second-order valence-corrected chi connectivity index (χ2v) is 5.05. The van der Waals surface area contributed by atoms with Crippen LogP contribution in [0.4, 0.5) is 10.8 Å². The maximum absolute atomic E-state index is 5.74. The number of anilines is 2. The van der Waals surface area contributed by atoms with Crippen molar-refractivity contribution < 1.29 is 4.74 Å². The van der Waals surface area contributed by atoms with Crippen LogP contribution in [0.2, 0.25) is 0 Å². The van der Waals surface area contributed by atoms with E-state index in [4.69, 9.17) is 10.5 Å². The molecule has 102 valence electrons. The lowest BCUT2D eigenvalue weighted by molar-refractivity contribution is 0.133. The van der Waals surface area contributed by atoms with E-state index < -0.39 is 0 Å². The molecule has 0 aliphatic heterocycles. The number of nitrogens with zero attached hydrogens (tertiary/aromatic N) is 1. The predicted octanol–water partition coefficient (Wildman–Crippen LogP) is 3.18. The van der Waals surface area contributed by atoms with Crippen LogP contribution in [0.3, 0.4) is 0 Å². The van der Waals surface area contributed by atoms with Crippen LogP contribution in [-0.2, 0) is 17.9 Å². The van der Waals surface area contributed by atoms with E-state index in [1.54, 1.807) is 0 Å². The van der Waals surface area contributed by atoms with Crippen LogP contribution in [0, 0.1) is 6.92 Å². The van der Waals surface area contributed by atoms with Crippen molar-refractivity contribution in [3.05, 3.63) is 41.0 Å². The highest BCUT2D eigenvalue weighted by atomic mass is 32.1. The fourth-order valence-electron chi connectivity index (χ4n) is 1.77. The van der Waals surface area contributed by atoms with Crippen molar-refractivity contribution in [2.24, 2.45) is 0 Å². The minimum Gasteiger partial charge on any atom is -0.383 e. The number of ether oxygens (including phenoxy) is 1. The third-order valence-electron chi connectivity index (χ3n) is 2.98. The number of rotatable bonds is 6. The van der Waals surface area contributed by atoms with Crippen molar-refractivity contribution in [3.8, 4) is 0 Å². The third kappa shape index (κ3) is 3.45. The number of aromatic nitrogens is 1. The summed E-state index contributed by atoms with van der Waals surface area (Å²) in [5.74, 6) is 0.607. The minimum atomic E-state index is 0.607. The molecule has 1 heterocycles. The largest absolute Gasteiger partial charge is 0.383 e. The molecule has 3 N–H and O–H groups in total. The minimum absolute atomic E-state index is 0.607. The Morgan fingerprint density at radius 1 is 1.32 bits per heavy atom. The van der Waals surface area contributed by atoms with Gasteiger partial charge in [0, 0.05) is 18.7 Å². The lowest BCUT2D eigenvalue weighted by Crippen LogP contribution is -2.04. The molecule has 4 nitrogen and oxygen atoms in total. The van der Waals surface area contributed by atoms with Gasteiger partial charge in [0.25, 0.3) is 0 Å². The molecule has 0 unspecified atom stereocenters. The molecule has 0 saturated carbocycles. The summed E-state index contributed by atoms with van der Waals surface area (Å²) in [6.45, 7) is 6.12. The van der Waals surface area contributed by atoms with Gasteiger partial charge in [0.15, 0.2) is 0 Å². The van der Waals surface area contributed by atoms with Crippen molar-refractivity contribution in [1.82, 2.24) is 4.37 Å². The second-order valence-electron chi connectivity index (χ2n) is 4.28. The molecule has 0 fully saturated rings. The average Bonchev–Trinajstić information content (AvgIpc) is 2.75. The standard InChI is InChI=1S/C14H19N3OS/c1-3-18-9-12-7-5-4-6-11(12)8-16-14-10(2)13(15)17-19-14/h4-7,16H,3,8-9H2,1-2H3,(H2,15,17). The van der Waals surface area contributed by atoms with Crippen molar-refractivity contribution in [2.45, 2.75) is 27.0 Å². The molecule has 0 amide bonds. The summed E-state index contributed by atoms with van der Waals surface area (Å²) in [6.07, 6.45) is 0. The highest BCUT2D eigenvalue weighted by Gasteiger charge is 2.07. The molecule has 19 heavy (non-hydrogen) atoms. The zero-order valence-corrected chi connectivity index (χ0v) is 12.1. The van der Waals surface area contributed by atoms with E-state index in [0.29, 0.717) is 12.4 Å².